The number of hydrogen-bond donors (Lipinski definition) is 1. The first-order chi connectivity index (χ1) is 6.70. The van der Waals surface area contributed by atoms with E-state index in [9.17, 15) is 0 Å². The zero-order valence-corrected chi connectivity index (χ0v) is 9.21. The summed E-state index contributed by atoms with van der Waals surface area (Å²) in [6, 6.07) is 6.21. The van der Waals surface area contributed by atoms with Crippen LogP contribution in [0.25, 0.3) is 0 Å². The molecule has 0 aromatic heterocycles. The van der Waals surface area contributed by atoms with E-state index in [1.54, 1.807) is 0 Å². The minimum Gasteiger partial charge on any atom is -0.493 e. The summed E-state index contributed by atoms with van der Waals surface area (Å²) in [4.78, 5) is 0. The third-order valence-corrected chi connectivity index (χ3v) is 2.37. The van der Waals surface area contributed by atoms with Crippen LogP contribution in [0.5, 0.6) is 5.75 Å². The number of rotatable bonds is 4. The van der Waals surface area contributed by atoms with Gasteiger partial charge in [0.05, 0.1) is 6.61 Å². The summed E-state index contributed by atoms with van der Waals surface area (Å²) in [6.07, 6.45) is 0.934. The summed E-state index contributed by atoms with van der Waals surface area (Å²) in [6.45, 7) is 6.82. The van der Waals surface area contributed by atoms with Crippen molar-refractivity contribution in [1.29, 1.82) is 0 Å². The molecule has 0 aliphatic rings. The summed E-state index contributed by atoms with van der Waals surface area (Å²) < 4.78 is 5.61. The summed E-state index contributed by atoms with van der Waals surface area (Å²) in [7, 11) is 0. The van der Waals surface area contributed by atoms with Gasteiger partial charge in [0.2, 0.25) is 0 Å². The average Bonchev–Trinajstić information content (AvgIpc) is 2.20. The van der Waals surface area contributed by atoms with Gasteiger partial charge < -0.3 is 10.5 Å². The molecule has 78 valence electrons. The Bertz CT molecular complexity index is 296. The standard InChI is InChI=1S/C12H19NO/c1-4-11(13)10-8-6-7-9(3)12(10)14-5-2/h6-8,11H,4-5,13H2,1-3H3. The predicted octanol–water partition coefficient (Wildman–Crippen LogP) is 2.80. The molecular weight excluding hydrogens is 174 g/mol. The maximum absolute atomic E-state index is 6.01. The van der Waals surface area contributed by atoms with Gasteiger partial charge in [0, 0.05) is 11.6 Å². The highest BCUT2D eigenvalue weighted by Crippen LogP contribution is 2.28. The Morgan fingerprint density at radius 1 is 1.36 bits per heavy atom. The molecule has 1 unspecified atom stereocenters. The molecule has 0 saturated carbocycles. The molecule has 1 rings (SSSR count). The predicted molar refractivity (Wildman–Crippen MR) is 59.6 cm³/mol. The average molecular weight is 193 g/mol. The van der Waals surface area contributed by atoms with Gasteiger partial charge in [-0.25, -0.2) is 0 Å². The number of nitrogens with two attached hydrogens (primary N) is 1. The molecule has 0 bridgehead atoms. The van der Waals surface area contributed by atoms with Crippen LogP contribution in [0.4, 0.5) is 0 Å². The third kappa shape index (κ3) is 2.26. The summed E-state index contributed by atoms with van der Waals surface area (Å²) in [5.41, 5.74) is 8.29. The van der Waals surface area contributed by atoms with Gasteiger partial charge in [-0.2, -0.15) is 0 Å². The molecule has 1 aromatic carbocycles. The van der Waals surface area contributed by atoms with Crippen molar-refractivity contribution < 1.29 is 4.74 Å². The van der Waals surface area contributed by atoms with Gasteiger partial charge in [-0.3, -0.25) is 0 Å². The van der Waals surface area contributed by atoms with Crippen molar-refractivity contribution in [2.75, 3.05) is 6.61 Å². The molecular formula is C12H19NO. The van der Waals surface area contributed by atoms with E-state index in [1.165, 1.54) is 0 Å². The molecule has 0 heterocycles. The monoisotopic (exact) mass is 193 g/mol. The second-order valence-corrected chi connectivity index (χ2v) is 3.44. The lowest BCUT2D eigenvalue weighted by Gasteiger charge is -2.16. The van der Waals surface area contributed by atoms with Crippen LogP contribution in [0.2, 0.25) is 0 Å². The maximum atomic E-state index is 6.01. The van der Waals surface area contributed by atoms with E-state index >= 15 is 0 Å². The van der Waals surface area contributed by atoms with Crippen molar-refractivity contribution >= 4 is 0 Å². The Hall–Kier alpha value is -1.02. The molecule has 0 saturated heterocycles. The second kappa shape index (κ2) is 5.01. The Balaban J connectivity index is 3.07. The lowest BCUT2D eigenvalue weighted by molar-refractivity contribution is 0.331. The van der Waals surface area contributed by atoms with Crippen LogP contribution in [0.1, 0.15) is 37.4 Å². The highest BCUT2D eigenvalue weighted by atomic mass is 16.5. The van der Waals surface area contributed by atoms with Crippen LogP contribution in [0, 0.1) is 6.92 Å². The van der Waals surface area contributed by atoms with Crippen molar-refractivity contribution in [3.63, 3.8) is 0 Å². The van der Waals surface area contributed by atoms with Gasteiger partial charge in [-0.15, -0.1) is 0 Å². The van der Waals surface area contributed by atoms with Crippen LogP contribution in [-0.2, 0) is 0 Å². The first-order valence-electron chi connectivity index (χ1n) is 5.18. The molecule has 2 nitrogen and oxygen atoms in total. The van der Waals surface area contributed by atoms with Gasteiger partial charge >= 0.3 is 0 Å². The number of benzene rings is 1. The fourth-order valence-electron chi connectivity index (χ4n) is 1.53. The van der Waals surface area contributed by atoms with Gasteiger partial charge in [-0.05, 0) is 25.8 Å². The van der Waals surface area contributed by atoms with Crippen molar-refractivity contribution in [2.24, 2.45) is 5.73 Å². The lowest BCUT2D eigenvalue weighted by Crippen LogP contribution is -2.11. The normalized spacial score (nSPS) is 12.6. The number of ether oxygens (including phenoxy) is 1. The summed E-state index contributed by atoms with van der Waals surface area (Å²) in [5, 5.41) is 0. The Morgan fingerprint density at radius 3 is 2.64 bits per heavy atom. The lowest BCUT2D eigenvalue weighted by atomic mass is 10.0. The topological polar surface area (TPSA) is 35.2 Å². The molecule has 1 aromatic rings. The Kier molecular flexibility index (Phi) is 3.96. The van der Waals surface area contributed by atoms with Crippen LogP contribution in [0.3, 0.4) is 0 Å². The maximum Gasteiger partial charge on any atom is 0.126 e. The van der Waals surface area contributed by atoms with E-state index in [0.29, 0.717) is 6.61 Å². The Morgan fingerprint density at radius 2 is 2.07 bits per heavy atom. The minimum absolute atomic E-state index is 0.0800. The van der Waals surface area contributed by atoms with Crippen molar-refractivity contribution in [1.82, 2.24) is 0 Å². The molecule has 14 heavy (non-hydrogen) atoms. The van der Waals surface area contributed by atoms with Gasteiger partial charge in [-0.1, -0.05) is 25.1 Å². The zero-order chi connectivity index (χ0) is 10.6. The van der Waals surface area contributed by atoms with Crippen molar-refractivity contribution in [3.8, 4) is 5.75 Å². The summed E-state index contributed by atoms with van der Waals surface area (Å²) in [5.74, 6) is 0.962. The van der Waals surface area contributed by atoms with Gasteiger partial charge in [0.25, 0.3) is 0 Å². The van der Waals surface area contributed by atoms with Crippen molar-refractivity contribution in [2.45, 2.75) is 33.2 Å². The zero-order valence-electron chi connectivity index (χ0n) is 9.21. The van der Waals surface area contributed by atoms with E-state index < -0.39 is 0 Å². The molecule has 0 radical (unpaired) electrons. The second-order valence-electron chi connectivity index (χ2n) is 3.44. The largest absolute Gasteiger partial charge is 0.493 e. The quantitative estimate of drug-likeness (QED) is 0.798. The smallest absolute Gasteiger partial charge is 0.126 e. The highest BCUT2D eigenvalue weighted by Gasteiger charge is 2.11. The fraction of sp³-hybridized carbons (Fsp3) is 0.500. The molecule has 0 aliphatic carbocycles. The molecule has 0 aliphatic heterocycles. The van der Waals surface area contributed by atoms with E-state index in [2.05, 4.69) is 19.9 Å². The number of aryl methyl sites for hydroxylation is 1. The molecule has 1 atom stereocenters. The van der Waals surface area contributed by atoms with Crippen LogP contribution in [-0.4, -0.2) is 6.61 Å². The van der Waals surface area contributed by atoms with Crippen molar-refractivity contribution in [3.05, 3.63) is 29.3 Å². The Labute approximate surface area is 86.1 Å². The SMILES string of the molecule is CCOc1c(C)cccc1C(N)CC. The molecule has 0 spiro atoms. The van der Waals surface area contributed by atoms with E-state index in [-0.39, 0.29) is 6.04 Å². The highest BCUT2D eigenvalue weighted by molar-refractivity contribution is 5.42. The van der Waals surface area contributed by atoms with Crippen LogP contribution < -0.4 is 10.5 Å². The molecule has 2 heteroatoms. The first-order valence-corrected chi connectivity index (χ1v) is 5.18. The fourth-order valence-corrected chi connectivity index (χ4v) is 1.53. The van der Waals surface area contributed by atoms with E-state index in [0.717, 1.165) is 23.3 Å². The summed E-state index contributed by atoms with van der Waals surface area (Å²) >= 11 is 0. The van der Waals surface area contributed by atoms with Gasteiger partial charge in [0.15, 0.2) is 0 Å². The third-order valence-electron chi connectivity index (χ3n) is 2.37. The minimum atomic E-state index is 0.0800. The molecule has 2 N–H and O–H groups in total. The number of para-hydroxylation sites is 1. The van der Waals surface area contributed by atoms with Crippen LogP contribution >= 0.6 is 0 Å². The first kappa shape index (κ1) is 11.1. The molecule has 0 amide bonds. The van der Waals surface area contributed by atoms with Gasteiger partial charge in [0.1, 0.15) is 5.75 Å². The van der Waals surface area contributed by atoms with E-state index in [4.69, 9.17) is 10.5 Å². The van der Waals surface area contributed by atoms with Crippen LogP contribution in [0.15, 0.2) is 18.2 Å². The van der Waals surface area contributed by atoms with E-state index in [1.807, 2.05) is 19.1 Å². The molecule has 0 fully saturated rings. The number of hydrogen-bond acceptors (Lipinski definition) is 2.